The zero-order valence-electron chi connectivity index (χ0n) is 5.81. The average molecular weight is 231 g/mol. The van der Waals surface area contributed by atoms with Crippen LogP contribution in [0.3, 0.4) is 0 Å². The minimum absolute atomic E-state index is 0.0454. The van der Waals surface area contributed by atoms with E-state index in [-0.39, 0.29) is 15.7 Å². The average Bonchev–Trinajstić information content (AvgIpc) is 2.10. The van der Waals surface area contributed by atoms with Gasteiger partial charge in [-0.2, -0.15) is 5.26 Å². The van der Waals surface area contributed by atoms with Crippen LogP contribution in [-0.4, -0.2) is 5.21 Å². The lowest BCUT2D eigenvalue weighted by atomic mass is 10.2. The lowest BCUT2D eigenvalue weighted by Gasteiger charge is -2.02. The van der Waals surface area contributed by atoms with Gasteiger partial charge in [0.1, 0.15) is 6.07 Å². The second kappa shape index (κ2) is 3.52. The smallest absolute Gasteiger partial charge is 0.164 e. The summed E-state index contributed by atoms with van der Waals surface area (Å²) in [5.41, 5.74) is 1.79. The highest BCUT2D eigenvalue weighted by atomic mass is 79.9. The van der Waals surface area contributed by atoms with E-state index >= 15 is 0 Å². The van der Waals surface area contributed by atoms with Crippen LogP contribution in [0.2, 0.25) is 0 Å². The first kappa shape index (κ1) is 8.97. The van der Waals surface area contributed by atoms with Gasteiger partial charge in [-0.05, 0) is 28.1 Å². The molecule has 0 aromatic heterocycles. The highest BCUT2D eigenvalue weighted by molar-refractivity contribution is 9.10. The summed E-state index contributed by atoms with van der Waals surface area (Å²) in [7, 11) is 0. The lowest BCUT2D eigenvalue weighted by Crippen LogP contribution is -1.95. The molecule has 0 unspecified atom stereocenters. The van der Waals surface area contributed by atoms with E-state index in [1.54, 1.807) is 11.5 Å². The highest BCUT2D eigenvalue weighted by Gasteiger charge is 2.09. The number of nitrogens with zero attached hydrogens (tertiary/aromatic N) is 1. The van der Waals surface area contributed by atoms with Crippen LogP contribution in [0.1, 0.15) is 5.56 Å². The number of halogens is 2. The van der Waals surface area contributed by atoms with Crippen molar-refractivity contribution in [2.75, 3.05) is 5.48 Å². The van der Waals surface area contributed by atoms with Crippen LogP contribution in [0.25, 0.3) is 0 Å². The van der Waals surface area contributed by atoms with Gasteiger partial charge in [-0.15, -0.1) is 0 Å². The van der Waals surface area contributed by atoms with Crippen molar-refractivity contribution in [2.24, 2.45) is 0 Å². The molecule has 3 nitrogen and oxygen atoms in total. The van der Waals surface area contributed by atoms with Crippen molar-refractivity contribution in [3.63, 3.8) is 0 Å². The SMILES string of the molecule is N#Cc1ccc(NO)c(F)c1Br. The molecular weight excluding hydrogens is 227 g/mol. The molecule has 0 aliphatic rings. The van der Waals surface area contributed by atoms with E-state index in [9.17, 15) is 4.39 Å². The van der Waals surface area contributed by atoms with Crippen molar-refractivity contribution >= 4 is 21.6 Å². The summed E-state index contributed by atoms with van der Waals surface area (Å²) < 4.78 is 13.1. The molecule has 0 saturated heterocycles. The largest absolute Gasteiger partial charge is 0.291 e. The molecule has 0 saturated carbocycles. The fourth-order valence-corrected chi connectivity index (χ4v) is 1.16. The molecule has 5 heteroatoms. The van der Waals surface area contributed by atoms with Crippen LogP contribution in [0.5, 0.6) is 0 Å². The Morgan fingerprint density at radius 3 is 2.75 bits per heavy atom. The van der Waals surface area contributed by atoms with E-state index in [0.717, 1.165) is 0 Å². The standard InChI is InChI=1S/C7H4BrFN2O/c8-6-4(3-10)1-2-5(11-12)7(6)9/h1-2,11-12H. The first-order valence-electron chi connectivity index (χ1n) is 2.99. The number of benzene rings is 1. The molecule has 0 bridgehead atoms. The van der Waals surface area contributed by atoms with E-state index < -0.39 is 5.82 Å². The zero-order chi connectivity index (χ0) is 9.14. The van der Waals surface area contributed by atoms with Crippen molar-refractivity contribution < 1.29 is 9.60 Å². The fourth-order valence-electron chi connectivity index (χ4n) is 0.722. The second-order valence-corrected chi connectivity index (χ2v) is 2.81. The van der Waals surface area contributed by atoms with Gasteiger partial charge >= 0.3 is 0 Å². The number of hydrogen-bond donors (Lipinski definition) is 2. The predicted molar refractivity (Wildman–Crippen MR) is 44.2 cm³/mol. The molecule has 12 heavy (non-hydrogen) atoms. The van der Waals surface area contributed by atoms with Crippen molar-refractivity contribution in [2.45, 2.75) is 0 Å². The topological polar surface area (TPSA) is 56.0 Å². The zero-order valence-corrected chi connectivity index (χ0v) is 7.39. The number of nitriles is 1. The minimum atomic E-state index is -0.684. The van der Waals surface area contributed by atoms with Crippen LogP contribution >= 0.6 is 15.9 Å². The number of anilines is 1. The van der Waals surface area contributed by atoms with Gasteiger partial charge in [0.25, 0.3) is 0 Å². The Bertz CT molecular complexity index is 348. The molecule has 0 atom stereocenters. The molecule has 62 valence electrons. The van der Waals surface area contributed by atoms with E-state index in [2.05, 4.69) is 15.9 Å². The molecule has 0 heterocycles. The minimum Gasteiger partial charge on any atom is -0.291 e. The van der Waals surface area contributed by atoms with Crippen molar-refractivity contribution in [3.05, 3.63) is 28.0 Å². The molecule has 2 N–H and O–H groups in total. The third-order valence-corrected chi connectivity index (χ3v) is 2.10. The highest BCUT2D eigenvalue weighted by Crippen LogP contribution is 2.25. The summed E-state index contributed by atoms with van der Waals surface area (Å²) in [5.74, 6) is -0.684. The van der Waals surface area contributed by atoms with Gasteiger partial charge in [-0.3, -0.25) is 10.7 Å². The van der Waals surface area contributed by atoms with Crippen molar-refractivity contribution in [3.8, 4) is 6.07 Å². The number of nitrogens with one attached hydrogen (secondary N) is 1. The molecule has 1 aromatic rings. The molecule has 0 aliphatic carbocycles. The number of hydrogen-bond acceptors (Lipinski definition) is 3. The maximum absolute atomic E-state index is 13.0. The van der Waals surface area contributed by atoms with Gasteiger partial charge < -0.3 is 0 Å². The molecule has 1 aromatic carbocycles. The predicted octanol–water partition coefficient (Wildman–Crippen LogP) is 2.26. The molecule has 0 fully saturated rings. The second-order valence-electron chi connectivity index (χ2n) is 2.01. The summed E-state index contributed by atoms with van der Waals surface area (Å²) >= 11 is 2.88. The molecule has 0 aliphatic heterocycles. The monoisotopic (exact) mass is 230 g/mol. The Morgan fingerprint density at radius 2 is 2.25 bits per heavy atom. The van der Waals surface area contributed by atoms with Crippen molar-refractivity contribution in [1.29, 1.82) is 5.26 Å². The Labute approximate surface area is 76.5 Å². The van der Waals surface area contributed by atoms with E-state index in [0.29, 0.717) is 0 Å². The van der Waals surface area contributed by atoms with Crippen LogP contribution < -0.4 is 5.48 Å². The van der Waals surface area contributed by atoms with Crippen LogP contribution in [0.4, 0.5) is 10.1 Å². The molecular formula is C7H4BrFN2O. The molecule has 0 radical (unpaired) electrons. The summed E-state index contributed by atoms with van der Waals surface area (Å²) in [6, 6.07) is 4.46. The summed E-state index contributed by atoms with van der Waals surface area (Å²) in [6.45, 7) is 0. The van der Waals surface area contributed by atoms with Gasteiger partial charge in [0.15, 0.2) is 5.82 Å². The Balaban J connectivity index is 3.32. The molecule has 0 spiro atoms. The van der Waals surface area contributed by atoms with E-state index in [4.69, 9.17) is 10.5 Å². The van der Waals surface area contributed by atoms with Crippen LogP contribution in [0.15, 0.2) is 16.6 Å². The third-order valence-electron chi connectivity index (χ3n) is 1.32. The Kier molecular flexibility index (Phi) is 2.63. The first-order valence-corrected chi connectivity index (χ1v) is 3.78. The van der Waals surface area contributed by atoms with Crippen LogP contribution in [-0.2, 0) is 0 Å². The summed E-state index contributed by atoms with van der Waals surface area (Å²) in [6.07, 6.45) is 0. The van der Waals surface area contributed by atoms with Crippen molar-refractivity contribution in [1.82, 2.24) is 0 Å². The molecule has 0 amide bonds. The maximum Gasteiger partial charge on any atom is 0.164 e. The van der Waals surface area contributed by atoms with Gasteiger partial charge in [0.05, 0.1) is 15.7 Å². The Hall–Kier alpha value is -1.12. The quantitative estimate of drug-likeness (QED) is 0.728. The first-order chi connectivity index (χ1) is 5.70. The van der Waals surface area contributed by atoms with Gasteiger partial charge in [0.2, 0.25) is 0 Å². The van der Waals surface area contributed by atoms with Gasteiger partial charge in [0, 0.05) is 0 Å². The summed E-state index contributed by atoms with van der Waals surface area (Å²) in [5, 5.41) is 16.9. The maximum atomic E-state index is 13.0. The lowest BCUT2D eigenvalue weighted by molar-refractivity contribution is 0.384. The fraction of sp³-hybridized carbons (Fsp3) is 0. The molecule has 1 rings (SSSR count). The van der Waals surface area contributed by atoms with Crippen LogP contribution in [0, 0.1) is 17.1 Å². The van der Waals surface area contributed by atoms with Gasteiger partial charge in [-0.1, -0.05) is 0 Å². The van der Waals surface area contributed by atoms with E-state index in [1.165, 1.54) is 12.1 Å². The third kappa shape index (κ3) is 1.40. The number of rotatable bonds is 1. The normalized spacial score (nSPS) is 9.17. The van der Waals surface area contributed by atoms with Gasteiger partial charge in [-0.25, -0.2) is 4.39 Å². The summed E-state index contributed by atoms with van der Waals surface area (Å²) in [4.78, 5) is 0. The van der Waals surface area contributed by atoms with E-state index in [1.807, 2.05) is 0 Å². The Morgan fingerprint density at radius 1 is 1.58 bits per heavy atom.